The third-order valence-corrected chi connectivity index (χ3v) is 7.61. The van der Waals surface area contributed by atoms with Gasteiger partial charge in [0.25, 0.3) is 5.91 Å². The molecule has 1 fully saturated rings. The fraction of sp³-hybridized carbons (Fsp3) is 0.286. The molecule has 6 rings (SSSR count). The quantitative estimate of drug-likeness (QED) is 0.242. The van der Waals surface area contributed by atoms with Gasteiger partial charge in [0.2, 0.25) is 11.9 Å². The van der Waals surface area contributed by atoms with Gasteiger partial charge in [-0.2, -0.15) is 9.97 Å². The minimum absolute atomic E-state index is 0.0723. The molecule has 0 bridgehead atoms. The number of nitrogens with zero attached hydrogens (tertiary/aromatic N) is 4. The summed E-state index contributed by atoms with van der Waals surface area (Å²) in [6.45, 7) is 2.67. The van der Waals surface area contributed by atoms with Gasteiger partial charge in [0.15, 0.2) is 0 Å². The molecule has 5 N–H and O–H groups in total. The maximum atomic E-state index is 14.6. The number of hydrogen-bond acceptors (Lipinski definition) is 8. The van der Waals surface area contributed by atoms with E-state index < -0.39 is 11.7 Å². The Morgan fingerprint density at radius 1 is 1.12 bits per heavy atom. The molecule has 41 heavy (non-hydrogen) atoms. The molecule has 11 nitrogen and oxygen atoms in total. The number of primary amides is 1. The number of amides is 2. The molecule has 212 valence electrons. The summed E-state index contributed by atoms with van der Waals surface area (Å²) < 4.78 is 20.2. The van der Waals surface area contributed by atoms with Crippen molar-refractivity contribution < 1.29 is 18.7 Å². The number of carbonyl (C=O) groups is 2. The Kier molecular flexibility index (Phi) is 7.00. The molecule has 2 aromatic carbocycles. The van der Waals surface area contributed by atoms with Crippen LogP contribution in [0.2, 0.25) is 5.02 Å². The van der Waals surface area contributed by atoms with E-state index >= 15 is 0 Å². The molecule has 0 aliphatic carbocycles. The SMILES string of the molecule is COc1cc2c(cc1Nc1nc(Nc3cc(Cl)cc(F)c3C(N)=O)c3cc[nH]c3n1)N(CC(=O)N1CCCC1)CC2. The molecular formula is C28H28ClFN8O3. The first-order chi connectivity index (χ1) is 19.8. The van der Waals surface area contributed by atoms with Gasteiger partial charge in [0.1, 0.15) is 23.0 Å². The average Bonchev–Trinajstić information content (AvgIpc) is 3.69. The third-order valence-electron chi connectivity index (χ3n) is 7.39. The lowest BCUT2D eigenvalue weighted by Gasteiger charge is -2.23. The summed E-state index contributed by atoms with van der Waals surface area (Å²) in [6, 6.07) is 8.06. The lowest BCUT2D eigenvalue weighted by atomic mass is 10.1. The fourth-order valence-corrected chi connectivity index (χ4v) is 5.61. The molecule has 0 spiro atoms. The summed E-state index contributed by atoms with van der Waals surface area (Å²) in [7, 11) is 1.58. The normalized spacial score (nSPS) is 14.4. The molecule has 0 saturated carbocycles. The number of fused-ring (bicyclic) bond motifs is 2. The molecule has 4 aromatic rings. The van der Waals surface area contributed by atoms with Crippen LogP contribution < -0.4 is 26.0 Å². The number of H-pyrrole nitrogens is 1. The van der Waals surface area contributed by atoms with E-state index in [1.54, 1.807) is 19.4 Å². The Balaban J connectivity index is 1.33. The van der Waals surface area contributed by atoms with E-state index in [2.05, 4.69) is 30.5 Å². The van der Waals surface area contributed by atoms with Gasteiger partial charge in [-0.15, -0.1) is 0 Å². The smallest absolute Gasteiger partial charge is 0.253 e. The van der Waals surface area contributed by atoms with Gasteiger partial charge in [-0.3, -0.25) is 9.59 Å². The molecule has 4 heterocycles. The zero-order valence-electron chi connectivity index (χ0n) is 22.3. The Morgan fingerprint density at radius 2 is 1.93 bits per heavy atom. The van der Waals surface area contributed by atoms with Crippen molar-refractivity contribution in [3.8, 4) is 5.75 Å². The van der Waals surface area contributed by atoms with Crippen LogP contribution in [0.3, 0.4) is 0 Å². The first-order valence-electron chi connectivity index (χ1n) is 13.2. The maximum absolute atomic E-state index is 14.6. The van der Waals surface area contributed by atoms with E-state index in [-0.39, 0.29) is 28.1 Å². The second-order valence-corrected chi connectivity index (χ2v) is 10.4. The number of aromatic nitrogens is 3. The summed E-state index contributed by atoms with van der Waals surface area (Å²) in [5.74, 6) is -0.572. The van der Waals surface area contributed by atoms with Crippen LogP contribution in [0.25, 0.3) is 11.0 Å². The van der Waals surface area contributed by atoms with Crippen molar-refractivity contribution in [1.82, 2.24) is 19.9 Å². The highest BCUT2D eigenvalue weighted by Crippen LogP contribution is 2.39. The molecule has 2 amide bonds. The fourth-order valence-electron chi connectivity index (χ4n) is 5.40. The number of benzene rings is 2. The molecule has 2 aliphatic heterocycles. The predicted molar refractivity (Wildman–Crippen MR) is 155 cm³/mol. The van der Waals surface area contributed by atoms with Crippen molar-refractivity contribution in [2.45, 2.75) is 19.3 Å². The lowest BCUT2D eigenvalue weighted by molar-refractivity contribution is -0.128. The number of ether oxygens (including phenoxy) is 1. The van der Waals surface area contributed by atoms with Crippen LogP contribution in [0.15, 0.2) is 36.5 Å². The molecule has 0 atom stereocenters. The van der Waals surface area contributed by atoms with Gasteiger partial charge in [-0.1, -0.05) is 11.6 Å². The summed E-state index contributed by atoms with van der Waals surface area (Å²) in [5.41, 5.74) is 8.31. The number of nitrogens with two attached hydrogens (primary N) is 1. The number of halogens is 2. The molecule has 1 saturated heterocycles. The van der Waals surface area contributed by atoms with E-state index in [1.807, 2.05) is 17.0 Å². The number of likely N-dealkylation sites (tertiary alicyclic amines) is 1. The minimum atomic E-state index is -0.949. The van der Waals surface area contributed by atoms with Gasteiger partial charge in [-0.25, -0.2) is 4.39 Å². The maximum Gasteiger partial charge on any atom is 0.253 e. The van der Waals surface area contributed by atoms with Crippen LogP contribution in [-0.2, 0) is 11.2 Å². The summed E-state index contributed by atoms with van der Waals surface area (Å²) >= 11 is 6.06. The number of nitrogens with one attached hydrogen (secondary N) is 3. The summed E-state index contributed by atoms with van der Waals surface area (Å²) in [4.78, 5) is 41.1. The van der Waals surface area contributed by atoms with Crippen molar-refractivity contribution in [3.63, 3.8) is 0 Å². The molecule has 2 aliphatic rings. The van der Waals surface area contributed by atoms with E-state index in [1.165, 1.54) is 6.07 Å². The van der Waals surface area contributed by atoms with E-state index in [9.17, 15) is 14.0 Å². The molecule has 0 unspecified atom stereocenters. The molecule has 0 radical (unpaired) electrons. The number of rotatable bonds is 8. The van der Waals surface area contributed by atoms with Gasteiger partial charge < -0.3 is 35.9 Å². The highest BCUT2D eigenvalue weighted by Gasteiger charge is 2.27. The van der Waals surface area contributed by atoms with Crippen LogP contribution >= 0.6 is 11.6 Å². The van der Waals surface area contributed by atoms with Gasteiger partial charge in [-0.05, 0) is 55.2 Å². The Labute approximate surface area is 239 Å². The first-order valence-corrected chi connectivity index (χ1v) is 13.6. The monoisotopic (exact) mass is 578 g/mol. The van der Waals surface area contributed by atoms with Crippen LogP contribution in [0.1, 0.15) is 28.8 Å². The minimum Gasteiger partial charge on any atom is -0.495 e. The van der Waals surface area contributed by atoms with Gasteiger partial charge in [0, 0.05) is 36.5 Å². The zero-order chi connectivity index (χ0) is 28.7. The van der Waals surface area contributed by atoms with Gasteiger partial charge in [0.05, 0.1) is 36.0 Å². The number of anilines is 5. The van der Waals surface area contributed by atoms with Crippen molar-refractivity contribution >= 4 is 63.3 Å². The molecule has 2 aromatic heterocycles. The number of carbonyl (C=O) groups excluding carboxylic acids is 2. The van der Waals surface area contributed by atoms with Crippen LogP contribution in [0.4, 0.5) is 33.2 Å². The van der Waals surface area contributed by atoms with E-state index in [4.69, 9.17) is 22.1 Å². The Hall–Kier alpha value is -4.58. The number of hydrogen-bond donors (Lipinski definition) is 4. The second-order valence-electron chi connectivity index (χ2n) is 10.0. The highest BCUT2D eigenvalue weighted by molar-refractivity contribution is 6.31. The standard InChI is InChI=1S/C28H28ClFN8O3/c1-41-22-10-15-5-9-38(14-23(39)37-7-2-3-8-37)21(15)13-19(22)34-28-35-26-17(4-6-32-26)27(36-28)33-20-12-16(29)11-18(30)24(20)25(31)40/h4,6,10-13H,2-3,5,7-9,14H2,1H3,(H2,31,40)(H3,32,33,34,35,36). The lowest BCUT2D eigenvalue weighted by Crippen LogP contribution is -2.38. The highest BCUT2D eigenvalue weighted by atomic mass is 35.5. The van der Waals surface area contributed by atoms with Crippen LogP contribution in [0, 0.1) is 5.82 Å². The van der Waals surface area contributed by atoms with Crippen molar-refractivity contribution in [1.29, 1.82) is 0 Å². The van der Waals surface area contributed by atoms with E-state index in [0.29, 0.717) is 34.8 Å². The van der Waals surface area contributed by atoms with Crippen LogP contribution in [0.5, 0.6) is 5.75 Å². The van der Waals surface area contributed by atoms with Crippen molar-refractivity contribution in [3.05, 3.63) is 58.5 Å². The number of aromatic amines is 1. The topological polar surface area (TPSA) is 142 Å². The summed E-state index contributed by atoms with van der Waals surface area (Å²) in [5, 5.41) is 6.91. The Morgan fingerprint density at radius 3 is 2.68 bits per heavy atom. The third kappa shape index (κ3) is 5.18. The van der Waals surface area contributed by atoms with Crippen molar-refractivity contribution in [2.75, 3.05) is 48.8 Å². The predicted octanol–water partition coefficient (Wildman–Crippen LogP) is 4.33. The van der Waals surface area contributed by atoms with E-state index in [0.717, 1.165) is 56.2 Å². The Bertz CT molecular complexity index is 1670. The molecular weight excluding hydrogens is 551 g/mol. The summed E-state index contributed by atoms with van der Waals surface area (Å²) in [6.07, 6.45) is 4.58. The largest absolute Gasteiger partial charge is 0.495 e. The van der Waals surface area contributed by atoms with Crippen molar-refractivity contribution in [2.24, 2.45) is 5.73 Å². The van der Waals surface area contributed by atoms with Crippen LogP contribution in [-0.4, -0.2) is 65.0 Å². The first kappa shape index (κ1) is 26.6. The second kappa shape index (κ2) is 10.8. The zero-order valence-corrected chi connectivity index (χ0v) is 23.0. The molecule has 13 heteroatoms. The average molecular weight is 579 g/mol. The number of methoxy groups -OCH3 is 1. The van der Waals surface area contributed by atoms with Gasteiger partial charge >= 0.3 is 0 Å².